The minimum atomic E-state index is 0.973. The molecule has 0 aliphatic heterocycles. The normalized spacial score (nSPS) is 16.0. The van der Waals surface area contributed by atoms with E-state index in [9.17, 15) is 0 Å². The van der Waals surface area contributed by atoms with E-state index in [2.05, 4.69) is 71.3 Å². The van der Waals surface area contributed by atoms with Crippen molar-refractivity contribution >= 4 is 10.9 Å². The van der Waals surface area contributed by atoms with Gasteiger partial charge in [0.2, 0.25) is 0 Å². The van der Waals surface area contributed by atoms with Crippen LogP contribution in [0.3, 0.4) is 0 Å². The number of hydrogen-bond donors (Lipinski definition) is 0. The van der Waals surface area contributed by atoms with Gasteiger partial charge in [0.05, 0.1) is 0 Å². The van der Waals surface area contributed by atoms with Crippen molar-refractivity contribution in [2.75, 3.05) is 0 Å². The van der Waals surface area contributed by atoms with Crippen LogP contribution in [0.15, 0.2) is 66.7 Å². The third-order valence-electron chi connectivity index (χ3n) is 4.65. The van der Waals surface area contributed by atoms with Crippen molar-refractivity contribution in [3.63, 3.8) is 0 Å². The third kappa shape index (κ3) is 2.37. The largest absolute Gasteiger partial charge is 0.340 e. The molecule has 110 valence electrons. The molecule has 0 N–H and O–H groups in total. The van der Waals surface area contributed by atoms with Crippen LogP contribution in [0.1, 0.15) is 29.7 Å². The lowest BCUT2D eigenvalue weighted by atomic mass is 10.0. The molecule has 1 heterocycles. The Kier molecular flexibility index (Phi) is 3.56. The van der Waals surface area contributed by atoms with Crippen LogP contribution in [-0.2, 0) is 19.4 Å². The Morgan fingerprint density at radius 1 is 0.864 bits per heavy atom. The van der Waals surface area contributed by atoms with Gasteiger partial charge in [-0.15, -0.1) is 0 Å². The molecule has 1 nitrogen and oxygen atoms in total. The highest BCUT2D eigenvalue weighted by atomic mass is 15.0. The molecule has 4 rings (SSSR count). The SMILES string of the molecule is C1=C\Cc2c(n(Cc3ccccc3)c3ccccc23)CCC/1. The van der Waals surface area contributed by atoms with Crippen molar-refractivity contribution in [3.8, 4) is 0 Å². The number of allylic oxidation sites excluding steroid dienone is 2. The maximum absolute atomic E-state index is 2.54. The molecule has 0 atom stereocenters. The first-order chi connectivity index (χ1) is 10.9. The Morgan fingerprint density at radius 3 is 2.59 bits per heavy atom. The van der Waals surface area contributed by atoms with Gasteiger partial charge in [-0.3, -0.25) is 0 Å². The fourth-order valence-corrected chi connectivity index (χ4v) is 3.59. The van der Waals surface area contributed by atoms with Crippen LogP contribution in [0.2, 0.25) is 0 Å². The summed E-state index contributed by atoms with van der Waals surface area (Å²) in [4.78, 5) is 0. The van der Waals surface area contributed by atoms with E-state index in [-0.39, 0.29) is 0 Å². The molecule has 1 heteroatoms. The highest BCUT2D eigenvalue weighted by Crippen LogP contribution is 2.30. The van der Waals surface area contributed by atoms with Gasteiger partial charge >= 0.3 is 0 Å². The van der Waals surface area contributed by atoms with Gasteiger partial charge < -0.3 is 4.57 Å². The Morgan fingerprint density at radius 2 is 1.68 bits per heavy atom. The Hall–Kier alpha value is -2.28. The van der Waals surface area contributed by atoms with E-state index in [4.69, 9.17) is 0 Å². The van der Waals surface area contributed by atoms with Gasteiger partial charge in [0.15, 0.2) is 0 Å². The van der Waals surface area contributed by atoms with Crippen LogP contribution in [0, 0.1) is 0 Å². The fourth-order valence-electron chi connectivity index (χ4n) is 3.59. The Bertz CT molecular complexity index is 809. The topological polar surface area (TPSA) is 4.93 Å². The minimum absolute atomic E-state index is 0.973. The van der Waals surface area contributed by atoms with Crippen molar-refractivity contribution in [2.45, 2.75) is 32.2 Å². The number of benzene rings is 2. The van der Waals surface area contributed by atoms with Gasteiger partial charge in [-0.05, 0) is 42.9 Å². The van der Waals surface area contributed by atoms with Crippen molar-refractivity contribution < 1.29 is 0 Å². The van der Waals surface area contributed by atoms with Gasteiger partial charge in [0, 0.05) is 23.1 Å². The lowest BCUT2D eigenvalue weighted by Crippen LogP contribution is -2.06. The molecule has 22 heavy (non-hydrogen) atoms. The summed E-state index contributed by atoms with van der Waals surface area (Å²) < 4.78 is 2.54. The van der Waals surface area contributed by atoms with E-state index in [1.165, 1.54) is 47.0 Å². The number of fused-ring (bicyclic) bond motifs is 3. The van der Waals surface area contributed by atoms with Crippen molar-refractivity contribution in [3.05, 3.63) is 83.6 Å². The smallest absolute Gasteiger partial charge is 0.0488 e. The van der Waals surface area contributed by atoms with Crippen molar-refractivity contribution in [1.82, 2.24) is 4.57 Å². The molecule has 0 fully saturated rings. The van der Waals surface area contributed by atoms with E-state index < -0.39 is 0 Å². The quantitative estimate of drug-likeness (QED) is 0.576. The van der Waals surface area contributed by atoms with Gasteiger partial charge in [0.1, 0.15) is 0 Å². The predicted molar refractivity (Wildman–Crippen MR) is 93.3 cm³/mol. The summed E-state index contributed by atoms with van der Waals surface area (Å²) in [6, 6.07) is 19.7. The first-order valence-electron chi connectivity index (χ1n) is 8.21. The van der Waals surface area contributed by atoms with Crippen LogP contribution in [-0.4, -0.2) is 4.57 Å². The van der Waals surface area contributed by atoms with Gasteiger partial charge in [0.25, 0.3) is 0 Å². The van der Waals surface area contributed by atoms with Gasteiger partial charge in [-0.25, -0.2) is 0 Å². The molecule has 0 amide bonds. The lowest BCUT2D eigenvalue weighted by molar-refractivity contribution is 0.714. The highest BCUT2D eigenvalue weighted by Gasteiger charge is 2.16. The molecule has 0 bridgehead atoms. The van der Waals surface area contributed by atoms with Crippen molar-refractivity contribution in [2.24, 2.45) is 0 Å². The van der Waals surface area contributed by atoms with Gasteiger partial charge in [-0.1, -0.05) is 60.7 Å². The van der Waals surface area contributed by atoms with Crippen molar-refractivity contribution in [1.29, 1.82) is 0 Å². The number of hydrogen-bond acceptors (Lipinski definition) is 0. The first-order valence-corrected chi connectivity index (χ1v) is 8.21. The molecule has 0 radical (unpaired) electrons. The van der Waals surface area contributed by atoms with Crippen LogP contribution in [0.4, 0.5) is 0 Å². The molecular weight excluding hydrogens is 266 g/mol. The zero-order valence-electron chi connectivity index (χ0n) is 12.8. The molecule has 3 aromatic rings. The molecule has 0 spiro atoms. The van der Waals surface area contributed by atoms with E-state index in [1.807, 2.05) is 0 Å². The average Bonchev–Trinajstić information content (AvgIpc) is 2.81. The monoisotopic (exact) mass is 287 g/mol. The first kappa shape index (κ1) is 13.4. The summed E-state index contributed by atoms with van der Waals surface area (Å²) in [5, 5.41) is 1.43. The van der Waals surface area contributed by atoms with E-state index in [0.717, 1.165) is 13.0 Å². The second kappa shape index (κ2) is 5.84. The molecule has 0 unspecified atom stereocenters. The minimum Gasteiger partial charge on any atom is -0.340 e. The lowest BCUT2D eigenvalue weighted by Gasteiger charge is -2.13. The summed E-state index contributed by atoms with van der Waals surface area (Å²) >= 11 is 0. The summed E-state index contributed by atoms with van der Waals surface area (Å²) in [5.74, 6) is 0. The number of aromatic nitrogens is 1. The fraction of sp³-hybridized carbons (Fsp3) is 0.238. The maximum atomic E-state index is 2.54. The zero-order chi connectivity index (χ0) is 14.8. The molecule has 1 aromatic heterocycles. The number of para-hydroxylation sites is 1. The standard InChI is InChI=1S/C21H21N/c1-2-7-14-20-18(12-6-1)19-13-8-9-15-21(19)22(20)16-17-10-4-3-5-11-17/h1,3-6,8-11,13,15H,2,7,12,14,16H2/b6-1-. The molecule has 1 aliphatic carbocycles. The predicted octanol–water partition coefficient (Wildman–Crippen LogP) is 5.12. The molecule has 1 aliphatic rings. The highest BCUT2D eigenvalue weighted by molar-refractivity contribution is 5.86. The summed E-state index contributed by atoms with van der Waals surface area (Å²) in [6.07, 6.45) is 9.38. The van der Waals surface area contributed by atoms with E-state index in [0.29, 0.717) is 0 Å². The van der Waals surface area contributed by atoms with E-state index in [1.54, 1.807) is 0 Å². The Balaban J connectivity index is 1.89. The summed E-state index contributed by atoms with van der Waals surface area (Å²) in [5.41, 5.74) is 5.83. The third-order valence-corrected chi connectivity index (χ3v) is 4.65. The second-order valence-electron chi connectivity index (χ2n) is 6.08. The molecule has 0 saturated carbocycles. The second-order valence-corrected chi connectivity index (χ2v) is 6.08. The van der Waals surface area contributed by atoms with Crippen LogP contribution < -0.4 is 0 Å². The van der Waals surface area contributed by atoms with Crippen LogP contribution >= 0.6 is 0 Å². The summed E-state index contributed by atoms with van der Waals surface area (Å²) in [6.45, 7) is 0.973. The van der Waals surface area contributed by atoms with Crippen LogP contribution in [0.5, 0.6) is 0 Å². The average molecular weight is 287 g/mol. The van der Waals surface area contributed by atoms with Gasteiger partial charge in [-0.2, -0.15) is 0 Å². The summed E-state index contributed by atoms with van der Waals surface area (Å²) in [7, 11) is 0. The molecular formula is C21H21N. The molecule has 0 saturated heterocycles. The van der Waals surface area contributed by atoms with Crippen LogP contribution in [0.25, 0.3) is 10.9 Å². The molecule has 2 aromatic carbocycles. The number of rotatable bonds is 2. The maximum Gasteiger partial charge on any atom is 0.0488 e. The zero-order valence-corrected chi connectivity index (χ0v) is 12.8. The van der Waals surface area contributed by atoms with E-state index >= 15 is 0 Å². The number of nitrogens with zero attached hydrogens (tertiary/aromatic N) is 1. The Labute approximate surface area is 131 Å².